The maximum atomic E-state index is 11.6. The topological polar surface area (TPSA) is 65.2 Å². The van der Waals surface area contributed by atoms with E-state index >= 15 is 0 Å². The zero-order valence-electron chi connectivity index (χ0n) is 11.5. The van der Waals surface area contributed by atoms with E-state index in [0.717, 1.165) is 11.1 Å². The van der Waals surface area contributed by atoms with Crippen LogP contribution in [0.3, 0.4) is 0 Å². The van der Waals surface area contributed by atoms with E-state index in [1.54, 1.807) is 30.5 Å². The van der Waals surface area contributed by atoms with E-state index in [9.17, 15) is 4.79 Å². The summed E-state index contributed by atoms with van der Waals surface area (Å²) in [4.78, 5) is 11.6. The third-order valence-corrected chi connectivity index (χ3v) is 2.93. The van der Waals surface area contributed by atoms with E-state index in [-0.39, 0.29) is 5.91 Å². The number of hydrogen-bond acceptors (Lipinski definition) is 3. The second-order valence-corrected chi connectivity index (χ2v) is 4.51. The van der Waals surface area contributed by atoms with Crippen LogP contribution in [0.15, 0.2) is 59.7 Å². The van der Waals surface area contributed by atoms with Crippen molar-refractivity contribution in [3.05, 3.63) is 71.3 Å². The lowest BCUT2D eigenvalue weighted by atomic mass is 10.1. The van der Waals surface area contributed by atoms with Gasteiger partial charge in [0.15, 0.2) is 0 Å². The quantitative estimate of drug-likeness (QED) is 0.674. The van der Waals surface area contributed by atoms with Crippen molar-refractivity contribution in [3.63, 3.8) is 0 Å². The first-order chi connectivity index (χ1) is 10.3. The first kappa shape index (κ1) is 14.5. The molecule has 2 rings (SSSR count). The molecule has 0 radical (unpaired) electrons. The van der Waals surface area contributed by atoms with Crippen molar-refractivity contribution in [1.82, 2.24) is 5.43 Å². The molecule has 1 N–H and O–H groups in total. The normalized spacial score (nSPS) is 10.2. The number of carbonyl (C=O) groups is 1. The Labute approximate surface area is 123 Å². The number of nitriles is 1. The molecule has 21 heavy (non-hydrogen) atoms. The van der Waals surface area contributed by atoms with Crippen molar-refractivity contribution in [2.45, 2.75) is 12.8 Å². The molecule has 4 nitrogen and oxygen atoms in total. The highest BCUT2D eigenvalue weighted by Crippen LogP contribution is 2.02. The van der Waals surface area contributed by atoms with Crippen LogP contribution in [0.4, 0.5) is 0 Å². The molecule has 0 saturated heterocycles. The molecule has 0 unspecified atom stereocenters. The summed E-state index contributed by atoms with van der Waals surface area (Å²) < 4.78 is 0. The lowest BCUT2D eigenvalue weighted by Crippen LogP contribution is -2.17. The number of nitrogens with zero attached hydrogens (tertiary/aromatic N) is 2. The van der Waals surface area contributed by atoms with Crippen LogP contribution in [0.2, 0.25) is 0 Å². The fourth-order valence-corrected chi connectivity index (χ4v) is 1.78. The molecule has 0 spiro atoms. The van der Waals surface area contributed by atoms with Crippen LogP contribution >= 0.6 is 0 Å². The van der Waals surface area contributed by atoms with Gasteiger partial charge in [-0.1, -0.05) is 42.5 Å². The smallest absolute Gasteiger partial charge is 0.240 e. The van der Waals surface area contributed by atoms with Crippen LogP contribution in [-0.4, -0.2) is 12.1 Å². The number of hydrazone groups is 1. The number of hydrogen-bond donors (Lipinski definition) is 1. The van der Waals surface area contributed by atoms with E-state index in [1.807, 2.05) is 36.4 Å². The van der Waals surface area contributed by atoms with Crippen molar-refractivity contribution in [2.24, 2.45) is 5.10 Å². The molecule has 0 aromatic heterocycles. The number of carbonyl (C=O) groups excluding carboxylic acids is 1. The summed E-state index contributed by atoms with van der Waals surface area (Å²) in [7, 11) is 0. The van der Waals surface area contributed by atoms with Gasteiger partial charge >= 0.3 is 0 Å². The fourth-order valence-electron chi connectivity index (χ4n) is 1.78. The Morgan fingerprint density at radius 1 is 1.14 bits per heavy atom. The maximum absolute atomic E-state index is 11.6. The molecule has 2 aromatic carbocycles. The minimum absolute atomic E-state index is 0.122. The Hall–Kier alpha value is -2.93. The summed E-state index contributed by atoms with van der Waals surface area (Å²) in [6.07, 6.45) is 2.65. The second-order valence-electron chi connectivity index (χ2n) is 4.51. The van der Waals surface area contributed by atoms with Crippen LogP contribution in [0, 0.1) is 11.3 Å². The third-order valence-electron chi connectivity index (χ3n) is 2.93. The fraction of sp³-hybridized carbons (Fsp3) is 0.118. The average Bonchev–Trinajstić information content (AvgIpc) is 2.54. The van der Waals surface area contributed by atoms with Gasteiger partial charge in [-0.25, -0.2) is 5.43 Å². The summed E-state index contributed by atoms with van der Waals surface area (Å²) in [5.74, 6) is -0.122. The van der Waals surface area contributed by atoms with Crippen molar-refractivity contribution in [2.75, 3.05) is 0 Å². The number of amides is 1. The van der Waals surface area contributed by atoms with E-state index in [0.29, 0.717) is 18.4 Å². The van der Waals surface area contributed by atoms with Crippen LogP contribution in [0.5, 0.6) is 0 Å². The van der Waals surface area contributed by atoms with Crippen LogP contribution < -0.4 is 5.43 Å². The SMILES string of the molecule is N#Cc1ccc(/C=N/NC(=O)CCc2ccccc2)cc1. The van der Waals surface area contributed by atoms with Gasteiger partial charge in [0, 0.05) is 6.42 Å². The molecule has 0 saturated carbocycles. The van der Waals surface area contributed by atoms with Gasteiger partial charge in [-0.3, -0.25) is 4.79 Å². The first-order valence-corrected chi connectivity index (χ1v) is 6.64. The lowest BCUT2D eigenvalue weighted by Gasteiger charge is -2.00. The Balaban J connectivity index is 1.78. The van der Waals surface area contributed by atoms with Gasteiger partial charge in [0.25, 0.3) is 0 Å². The predicted octanol–water partition coefficient (Wildman–Crippen LogP) is 2.64. The molecule has 0 atom stereocenters. The van der Waals surface area contributed by atoms with Crippen molar-refractivity contribution in [3.8, 4) is 6.07 Å². The predicted molar refractivity (Wildman–Crippen MR) is 81.7 cm³/mol. The molecule has 104 valence electrons. The Morgan fingerprint density at radius 2 is 1.86 bits per heavy atom. The van der Waals surface area contributed by atoms with Gasteiger partial charge in [0.1, 0.15) is 0 Å². The second kappa shape index (κ2) is 7.61. The zero-order chi connectivity index (χ0) is 14.9. The van der Waals surface area contributed by atoms with Gasteiger partial charge in [-0.2, -0.15) is 10.4 Å². The molecule has 0 fully saturated rings. The molecular weight excluding hydrogens is 262 g/mol. The minimum Gasteiger partial charge on any atom is -0.273 e. The largest absolute Gasteiger partial charge is 0.273 e. The highest BCUT2D eigenvalue weighted by molar-refractivity contribution is 5.82. The third kappa shape index (κ3) is 4.92. The van der Waals surface area contributed by atoms with E-state index in [4.69, 9.17) is 5.26 Å². The van der Waals surface area contributed by atoms with Crippen molar-refractivity contribution in [1.29, 1.82) is 5.26 Å². The molecule has 0 bridgehead atoms. The number of nitrogens with one attached hydrogen (secondary N) is 1. The molecule has 4 heteroatoms. The number of benzene rings is 2. The summed E-state index contributed by atoms with van der Waals surface area (Å²) in [5, 5.41) is 12.6. The molecular formula is C17H15N3O. The van der Waals surface area contributed by atoms with Gasteiger partial charge in [-0.15, -0.1) is 0 Å². The first-order valence-electron chi connectivity index (χ1n) is 6.64. The standard InChI is InChI=1S/C17H15N3O/c18-12-15-6-8-16(9-7-15)13-19-20-17(21)11-10-14-4-2-1-3-5-14/h1-9,13H,10-11H2,(H,20,21)/b19-13+. The van der Waals surface area contributed by atoms with Crippen LogP contribution in [0.1, 0.15) is 23.1 Å². The van der Waals surface area contributed by atoms with Crippen LogP contribution in [-0.2, 0) is 11.2 Å². The summed E-state index contributed by atoms with van der Waals surface area (Å²) >= 11 is 0. The lowest BCUT2D eigenvalue weighted by molar-refractivity contribution is -0.121. The van der Waals surface area contributed by atoms with E-state index in [1.165, 1.54) is 0 Å². The maximum Gasteiger partial charge on any atom is 0.240 e. The summed E-state index contributed by atoms with van der Waals surface area (Å²) in [5.41, 5.74) is 5.05. The summed E-state index contributed by atoms with van der Waals surface area (Å²) in [6, 6.07) is 18.9. The van der Waals surface area contributed by atoms with Gasteiger partial charge < -0.3 is 0 Å². The Bertz CT molecular complexity index is 655. The monoisotopic (exact) mass is 277 g/mol. The molecule has 2 aromatic rings. The minimum atomic E-state index is -0.122. The van der Waals surface area contributed by atoms with Crippen molar-refractivity contribution < 1.29 is 4.79 Å². The Kier molecular flexibility index (Phi) is 5.25. The number of rotatable bonds is 5. The highest BCUT2D eigenvalue weighted by atomic mass is 16.2. The summed E-state index contributed by atoms with van der Waals surface area (Å²) in [6.45, 7) is 0. The van der Waals surface area contributed by atoms with E-state index in [2.05, 4.69) is 10.5 Å². The van der Waals surface area contributed by atoms with E-state index < -0.39 is 0 Å². The van der Waals surface area contributed by atoms with Crippen molar-refractivity contribution >= 4 is 12.1 Å². The average molecular weight is 277 g/mol. The Morgan fingerprint density at radius 3 is 2.52 bits per heavy atom. The molecule has 0 aliphatic rings. The molecule has 0 aliphatic heterocycles. The zero-order valence-corrected chi connectivity index (χ0v) is 11.5. The van der Waals surface area contributed by atoms with Gasteiger partial charge in [0.2, 0.25) is 5.91 Å². The number of aryl methyl sites for hydroxylation is 1. The molecule has 0 aliphatic carbocycles. The van der Waals surface area contributed by atoms with Gasteiger partial charge in [-0.05, 0) is 29.7 Å². The molecule has 0 heterocycles. The highest BCUT2D eigenvalue weighted by Gasteiger charge is 2.00. The van der Waals surface area contributed by atoms with Gasteiger partial charge in [0.05, 0.1) is 17.8 Å². The van der Waals surface area contributed by atoms with Crippen LogP contribution in [0.25, 0.3) is 0 Å². The molecule has 1 amide bonds.